The minimum atomic E-state index is -0.825. The van der Waals surface area contributed by atoms with Gasteiger partial charge in [0, 0.05) is 25.2 Å². The third-order valence-corrected chi connectivity index (χ3v) is 2.52. The lowest BCUT2D eigenvalue weighted by atomic mass is 10.2. The molecule has 1 rings (SSSR count). The minimum Gasteiger partial charge on any atom is -0.494 e. The van der Waals surface area contributed by atoms with Crippen molar-refractivity contribution in [3.05, 3.63) is 24.0 Å². The Kier molecular flexibility index (Phi) is 5.76. The van der Waals surface area contributed by atoms with E-state index in [1.54, 1.807) is 0 Å². The van der Waals surface area contributed by atoms with Crippen molar-refractivity contribution >= 4 is 17.6 Å². The highest BCUT2D eigenvalue weighted by molar-refractivity contribution is 5.83. The molecule has 1 amide bonds. The summed E-state index contributed by atoms with van der Waals surface area (Å²) in [5.41, 5.74) is 0.558. The summed E-state index contributed by atoms with van der Waals surface area (Å²) in [4.78, 5) is 22.5. The van der Waals surface area contributed by atoms with E-state index in [0.29, 0.717) is 5.69 Å². The van der Waals surface area contributed by atoms with Crippen LogP contribution in [0.4, 0.5) is 10.1 Å². The number of carbonyl (C=O) groups excluding carboxylic acids is 2. The van der Waals surface area contributed by atoms with E-state index < -0.39 is 17.8 Å². The Morgan fingerprint density at radius 3 is 2.60 bits per heavy atom. The normalized spacial score (nSPS) is 11.4. The molecule has 1 aromatic carbocycles. The molecule has 6 nitrogen and oxygen atoms in total. The lowest BCUT2D eigenvalue weighted by Crippen LogP contribution is -2.45. The van der Waals surface area contributed by atoms with Gasteiger partial charge in [-0.1, -0.05) is 0 Å². The molecular weight excluding hydrogens is 267 g/mol. The van der Waals surface area contributed by atoms with Crippen molar-refractivity contribution in [1.82, 2.24) is 5.32 Å². The third-order valence-electron chi connectivity index (χ3n) is 2.52. The molecule has 1 unspecified atom stereocenters. The number of ether oxygens (including phenoxy) is 2. The van der Waals surface area contributed by atoms with Crippen LogP contribution in [0.2, 0.25) is 0 Å². The van der Waals surface area contributed by atoms with Crippen LogP contribution in [0.25, 0.3) is 0 Å². The topological polar surface area (TPSA) is 76.7 Å². The maximum atomic E-state index is 13.2. The summed E-state index contributed by atoms with van der Waals surface area (Å²) in [7, 11) is 2.59. The van der Waals surface area contributed by atoms with E-state index in [0.717, 1.165) is 0 Å². The Morgan fingerprint density at radius 1 is 1.35 bits per heavy atom. The summed E-state index contributed by atoms with van der Waals surface area (Å²) in [6, 6.07) is 3.37. The van der Waals surface area contributed by atoms with Crippen molar-refractivity contribution in [2.24, 2.45) is 0 Å². The first-order chi connectivity index (χ1) is 9.47. The molecule has 1 aromatic rings. The van der Waals surface area contributed by atoms with Crippen LogP contribution in [0.3, 0.4) is 0 Å². The van der Waals surface area contributed by atoms with Crippen molar-refractivity contribution < 1.29 is 23.5 Å². The van der Waals surface area contributed by atoms with E-state index in [1.807, 2.05) is 0 Å². The number of hydrogen-bond donors (Lipinski definition) is 2. The number of nitrogens with one attached hydrogen (secondary N) is 2. The lowest BCUT2D eigenvalue weighted by Gasteiger charge is -2.17. The van der Waals surface area contributed by atoms with Crippen LogP contribution < -0.4 is 15.4 Å². The van der Waals surface area contributed by atoms with Gasteiger partial charge < -0.3 is 20.1 Å². The van der Waals surface area contributed by atoms with Gasteiger partial charge >= 0.3 is 5.97 Å². The monoisotopic (exact) mass is 284 g/mol. The number of anilines is 1. The van der Waals surface area contributed by atoms with Crippen LogP contribution in [-0.4, -0.2) is 38.7 Å². The van der Waals surface area contributed by atoms with Gasteiger partial charge in [-0.15, -0.1) is 0 Å². The molecule has 7 heteroatoms. The van der Waals surface area contributed by atoms with Gasteiger partial charge in [0.05, 0.1) is 14.2 Å². The fraction of sp³-hybridized carbons (Fsp3) is 0.385. The van der Waals surface area contributed by atoms with Crippen molar-refractivity contribution in [2.45, 2.75) is 13.0 Å². The highest BCUT2D eigenvalue weighted by Gasteiger charge is 2.19. The second-order valence-corrected chi connectivity index (χ2v) is 4.01. The molecule has 2 N–H and O–H groups in total. The Morgan fingerprint density at radius 2 is 2.05 bits per heavy atom. The van der Waals surface area contributed by atoms with E-state index in [1.165, 1.54) is 39.3 Å². The summed E-state index contributed by atoms with van der Waals surface area (Å²) >= 11 is 0. The number of hydrogen-bond acceptors (Lipinski definition) is 5. The molecular formula is C13H17FN2O4. The Hall–Kier alpha value is -2.31. The highest BCUT2D eigenvalue weighted by atomic mass is 19.1. The van der Waals surface area contributed by atoms with Gasteiger partial charge in [0.2, 0.25) is 5.91 Å². The summed E-state index contributed by atoms with van der Waals surface area (Å²) < 4.78 is 22.7. The second-order valence-electron chi connectivity index (χ2n) is 4.01. The van der Waals surface area contributed by atoms with Gasteiger partial charge in [0.1, 0.15) is 6.04 Å². The van der Waals surface area contributed by atoms with Crippen molar-refractivity contribution in [1.29, 1.82) is 0 Å². The van der Waals surface area contributed by atoms with Crippen LogP contribution in [0.1, 0.15) is 6.92 Å². The van der Waals surface area contributed by atoms with Gasteiger partial charge in [0.25, 0.3) is 0 Å². The zero-order chi connectivity index (χ0) is 15.1. The molecule has 1 atom stereocenters. The molecule has 0 aliphatic heterocycles. The van der Waals surface area contributed by atoms with Crippen LogP contribution in [0, 0.1) is 5.82 Å². The molecule has 0 saturated heterocycles. The molecule has 0 aromatic heterocycles. The van der Waals surface area contributed by atoms with Gasteiger partial charge in [-0.05, 0) is 12.1 Å². The first-order valence-corrected chi connectivity index (χ1v) is 5.90. The zero-order valence-electron chi connectivity index (χ0n) is 11.5. The molecule has 0 spiro atoms. The molecule has 0 heterocycles. The zero-order valence-corrected chi connectivity index (χ0v) is 11.5. The minimum absolute atomic E-state index is 0.0872. The maximum absolute atomic E-state index is 13.2. The van der Waals surface area contributed by atoms with Crippen molar-refractivity contribution in [3.63, 3.8) is 0 Å². The largest absolute Gasteiger partial charge is 0.494 e. The predicted molar refractivity (Wildman–Crippen MR) is 71.1 cm³/mol. The number of benzene rings is 1. The van der Waals surface area contributed by atoms with E-state index >= 15 is 0 Å². The summed E-state index contributed by atoms with van der Waals surface area (Å²) in [5.74, 6) is -1.31. The Bertz CT molecular complexity index is 493. The van der Waals surface area contributed by atoms with Crippen LogP contribution >= 0.6 is 0 Å². The number of carbonyl (C=O) groups is 2. The number of rotatable bonds is 6. The summed E-state index contributed by atoms with van der Waals surface area (Å²) in [5, 5.41) is 5.36. The van der Waals surface area contributed by atoms with Crippen LogP contribution in [0.15, 0.2) is 18.2 Å². The number of methoxy groups -OCH3 is 2. The van der Waals surface area contributed by atoms with Crippen molar-refractivity contribution in [2.75, 3.05) is 26.1 Å². The average molecular weight is 284 g/mol. The maximum Gasteiger partial charge on any atom is 0.330 e. The fourth-order valence-electron chi connectivity index (χ4n) is 1.57. The first-order valence-electron chi connectivity index (χ1n) is 5.90. The van der Waals surface area contributed by atoms with E-state index in [9.17, 15) is 14.0 Å². The predicted octanol–water partition coefficient (Wildman–Crippen LogP) is 0.924. The number of amides is 1. The van der Waals surface area contributed by atoms with E-state index in [-0.39, 0.29) is 18.2 Å². The molecule has 0 fully saturated rings. The summed E-state index contributed by atoms with van der Waals surface area (Å²) in [6.45, 7) is 1.41. The van der Waals surface area contributed by atoms with Crippen LogP contribution in [-0.2, 0) is 14.3 Å². The molecule has 0 bridgehead atoms. The molecule has 20 heavy (non-hydrogen) atoms. The Labute approximate surface area is 116 Å². The van der Waals surface area contributed by atoms with Crippen molar-refractivity contribution in [3.8, 4) is 5.75 Å². The van der Waals surface area contributed by atoms with Crippen LogP contribution in [0.5, 0.6) is 5.75 Å². The van der Waals surface area contributed by atoms with Gasteiger partial charge in [-0.2, -0.15) is 0 Å². The average Bonchev–Trinajstić information content (AvgIpc) is 2.43. The number of halogens is 1. The fourth-order valence-corrected chi connectivity index (χ4v) is 1.57. The molecule has 0 aliphatic carbocycles. The lowest BCUT2D eigenvalue weighted by molar-refractivity contribution is -0.144. The molecule has 0 radical (unpaired) electrons. The first kappa shape index (κ1) is 15.7. The van der Waals surface area contributed by atoms with Gasteiger partial charge in [-0.25, -0.2) is 9.18 Å². The smallest absolute Gasteiger partial charge is 0.330 e. The van der Waals surface area contributed by atoms with E-state index in [4.69, 9.17) is 4.74 Å². The Balaban J connectivity index is 2.71. The second kappa shape index (κ2) is 7.32. The summed E-state index contributed by atoms with van der Waals surface area (Å²) in [6.07, 6.45) is 0. The molecule has 110 valence electrons. The standard InChI is InChI=1S/C13H17FN2O4/c1-8(17)16-11(13(18)20-3)7-15-9-4-5-10(14)12(6-9)19-2/h4-6,11,15H,7H2,1-3H3,(H,16,17). The highest BCUT2D eigenvalue weighted by Crippen LogP contribution is 2.21. The molecule has 0 aliphatic rings. The molecule has 0 saturated carbocycles. The SMILES string of the molecule is COC(=O)C(CNc1ccc(F)c(OC)c1)NC(C)=O. The van der Waals surface area contributed by atoms with E-state index in [2.05, 4.69) is 15.4 Å². The van der Waals surface area contributed by atoms with Gasteiger partial charge in [0.15, 0.2) is 11.6 Å². The van der Waals surface area contributed by atoms with Gasteiger partial charge in [-0.3, -0.25) is 4.79 Å². The quantitative estimate of drug-likeness (QED) is 0.760. The third kappa shape index (κ3) is 4.42. The number of esters is 1.